The Morgan fingerprint density at radius 2 is 1.08 bits per heavy atom. The molecule has 0 aliphatic heterocycles. The molecule has 0 aliphatic carbocycles. The van der Waals surface area contributed by atoms with Crippen molar-refractivity contribution >= 4 is 15.6 Å². The Bertz CT molecular complexity index is 162. The fourth-order valence-corrected chi connectivity index (χ4v) is 1.10. The number of hydrogen-bond donors (Lipinski definition) is 0. The van der Waals surface area contributed by atoms with Crippen LogP contribution in [0, 0.1) is 0 Å². The first-order valence-electron chi connectivity index (χ1n) is 1.46. The molecule has 0 saturated carbocycles. The summed E-state index contributed by atoms with van der Waals surface area (Å²) in [6, 6.07) is 0. The molecule has 0 aromatic heterocycles. The third-order valence-electron chi connectivity index (χ3n) is 0.200. The summed E-state index contributed by atoms with van der Waals surface area (Å²) < 4.78 is 21.2. The maximum Gasteiger partial charge on any atom is 3.00 e. The van der Waals surface area contributed by atoms with Crippen LogP contribution in [0.2, 0.25) is 0 Å². The number of rotatable bonds is 2. The van der Waals surface area contributed by atoms with Gasteiger partial charge < -0.3 is 33.0 Å². The van der Waals surface area contributed by atoms with Gasteiger partial charge in [0.05, 0.1) is 15.6 Å². The molecular formula is FeNaO7P2V. The van der Waals surface area contributed by atoms with Gasteiger partial charge >= 0.3 is 46.6 Å². The molecular weight excluding hydrogens is 304 g/mol. The van der Waals surface area contributed by atoms with Gasteiger partial charge in [0.15, 0.2) is 0 Å². The van der Waals surface area contributed by atoms with Crippen molar-refractivity contribution in [3.8, 4) is 0 Å². The van der Waals surface area contributed by atoms with Crippen LogP contribution < -0.4 is 49.1 Å². The van der Waals surface area contributed by atoms with E-state index in [-0.39, 0.29) is 65.2 Å². The number of hydrogen-bond acceptors (Lipinski definition) is 7. The van der Waals surface area contributed by atoms with E-state index in [1.54, 1.807) is 0 Å². The largest absolute Gasteiger partial charge is 3.00 e. The molecule has 12 heavy (non-hydrogen) atoms. The molecule has 0 fully saturated rings. The van der Waals surface area contributed by atoms with E-state index in [4.69, 9.17) is 0 Å². The molecule has 0 atom stereocenters. The van der Waals surface area contributed by atoms with E-state index in [9.17, 15) is 28.7 Å². The van der Waals surface area contributed by atoms with Gasteiger partial charge in [-0.3, -0.25) is 0 Å². The van der Waals surface area contributed by atoms with Crippen molar-refractivity contribution in [2.24, 2.45) is 0 Å². The smallest absolute Gasteiger partial charge is 0.790 e. The van der Waals surface area contributed by atoms with Gasteiger partial charge in [0, 0.05) is 18.6 Å². The second-order valence-electron chi connectivity index (χ2n) is 0.976. The first-order chi connectivity index (χ1) is 3.71. The van der Waals surface area contributed by atoms with Crippen molar-refractivity contribution in [3.05, 3.63) is 0 Å². The predicted octanol–water partition coefficient (Wildman–Crippen LogP) is -6.34. The Labute approximate surface area is 113 Å². The van der Waals surface area contributed by atoms with Gasteiger partial charge in [-0.25, -0.2) is 0 Å². The Hall–Kier alpha value is 2.36. The van der Waals surface area contributed by atoms with Crippen LogP contribution in [0.3, 0.4) is 0 Å². The van der Waals surface area contributed by atoms with Crippen LogP contribution >= 0.6 is 15.6 Å². The third-order valence-corrected chi connectivity index (χ3v) is 1.80. The second-order valence-corrected chi connectivity index (χ2v) is 3.42. The third kappa shape index (κ3) is 22.8. The van der Waals surface area contributed by atoms with E-state index in [1.165, 1.54) is 0 Å². The van der Waals surface area contributed by atoms with Gasteiger partial charge in [-0.15, -0.1) is 0 Å². The average molecular weight is 304 g/mol. The van der Waals surface area contributed by atoms with E-state index >= 15 is 0 Å². The summed E-state index contributed by atoms with van der Waals surface area (Å²) in [4.78, 5) is 37.3. The molecule has 66 valence electrons. The monoisotopic (exact) mass is 304 g/mol. The first kappa shape index (κ1) is 23.9. The van der Waals surface area contributed by atoms with Crippen LogP contribution in [-0.2, 0) is 49.1 Å². The number of phosphoric acid groups is 2. The molecule has 2 radical (unpaired) electrons. The Balaban J connectivity index is -0.000000107. The molecule has 0 unspecified atom stereocenters. The quantitative estimate of drug-likeness (QED) is 0.365. The molecule has 0 N–H and O–H groups in total. The van der Waals surface area contributed by atoms with Crippen molar-refractivity contribution in [3.63, 3.8) is 0 Å². The summed E-state index contributed by atoms with van der Waals surface area (Å²) in [7, 11) is -11.4. The molecule has 12 heteroatoms. The Kier molecular flexibility index (Phi) is 17.2. The fourth-order valence-electron chi connectivity index (χ4n) is 0.122. The Morgan fingerprint density at radius 1 is 0.917 bits per heavy atom. The maximum absolute atomic E-state index is 9.32. The first-order valence-corrected chi connectivity index (χ1v) is 4.38. The van der Waals surface area contributed by atoms with Crippen molar-refractivity contribution in [1.29, 1.82) is 0 Å². The zero-order valence-electron chi connectivity index (χ0n) is 5.55. The molecule has 0 saturated heterocycles. The maximum atomic E-state index is 9.32. The minimum atomic E-state index is -5.68. The predicted molar refractivity (Wildman–Crippen MR) is 16.3 cm³/mol. The molecule has 0 aromatic rings. The van der Waals surface area contributed by atoms with Gasteiger partial charge in [0.2, 0.25) is 0 Å². The van der Waals surface area contributed by atoms with E-state index in [0.717, 1.165) is 0 Å². The van der Waals surface area contributed by atoms with Crippen molar-refractivity contribution < 1.29 is 98.2 Å². The van der Waals surface area contributed by atoms with Crippen LogP contribution in [0.5, 0.6) is 0 Å². The summed E-state index contributed by atoms with van der Waals surface area (Å²) in [6.07, 6.45) is 0. The average Bonchev–Trinajstić information content (AvgIpc) is 1.14. The van der Waals surface area contributed by atoms with Crippen LogP contribution in [0.15, 0.2) is 0 Å². The van der Waals surface area contributed by atoms with Gasteiger partial charge in [0.1, 0.15) is 0 Å². The summed E-state index contributed by atoms with van der Waals surface area (Å²) >= 11 is 0. The van der Waals surface area contributed by atoms with Crippen LogP contribution in [0.4, 0.5) is 0 Å². The summed E-state index contributed by atoms with van der Waals surface area (Å²) in [5.74, 6) is 0. The molecule has 0 bridgehead atoms. The van der Waals surface area contributed by atoms with E-state index in [2.05, 4.69) is 4.31 Å². The molecule has 0 aliphatic rings. The molecule has 0 amide bonds. The normalized spacial score (nSPS) is 10.3. The van der Waals surface area contributed by atoms with E-state index in [0.29, 0.717) is 0 Å². The van der Waals surface area contributed by atoms with Crippen molar-refractivity contribution in [2.75, 3.05) is 0 Å². The van der Waals surface area contributed by atoms with Gasteiger partial charge in [0.25, 0.3) is 0 Å². The fraction of sp³-hybridized carbons (Fsp3) is 0. The summed E-state index contributed by atoms with van der Waals surface area (Å²) in [6.45, 7) is 0. The SMILES string of the molecule is O=P([O-])([O-])OP(=O)([O-])[O-].[Fe+3].[Na+].[V]. The molecule has 0 rings (SSSR count). The van der Waals surface area contributed by atoms with Gasteiger partial charge in [-0.1, -0.05) is 0 Å². The zero-order chi connectivity index (χ0) is 7.71. The van der Waals surface area contributed by atoms with Crippen LogP contribution in [0.25, 0.3) is 0 Å². The molecule has 0 spiro atoms. The van der Waals surface area contributed by atoms with Crippen LogP contribution in [-0.4, -0.2) is 0 Å². The van der Waals surface area contributed by atoms with Crippen molar-refractivity contribution in [1.82, 2.24) is 0 Å². The Morgan fingerprint density at radius 3 is 1.08 bits per heavy atom. The van der Waals surface area contributed by atoms with E-state index < -0.39 is 15.6 Å². The summed E-state index contributed by atoms with van der Waals surface area (Å²) in [5.41, 5.74) is 0. The van der Waals surface area contributed by atoms with E-state index in [1.807, 2.05) is 0 Å². The van der Waals surface area contributed by atoms with Gasteiger partial charge in [-0.2, -0.15) is 0 Å². The van der Waals surface area contributed by atoms with Gasteiger partial charge in [-0.05, 0) is 0 Å². The molecule has 0 heterocycles. The standard InChI is InChI=1S/Fe.Na.H4O7P2.V/c;;1-8(2,3)7-9(4,5)6;/h;;(H2,1,2,3)(H2,4,5,6);/q+3;+1;;/p-4. The van der Waals surface area contributed by atoms with Crippen LogP contribution in [0.1, 0.15) is 0 Å². The molecule has 7 nitrogen and oxygen atoms in total. The minimum Gasteiger partial charge on any atom is -0.790 e. The summed E-state index contributed by atoms with van der Waals surface area (Å²) in [5, 5.41) is 0. The topological polar surface area (TPSA) is 136 Å². The molecule has 0 aromatic carbocycles. The second kappa shape index (κ2) is 8.65. The minimum absolute atomic E-state index is 0. The van der Waals surface area contributed by atoms with Crippen molar-refractivity contribution in [2.45, 2.75) is 0 Å². The zero-order valence-corrected chi connectivity index (χ0v) is 11.8.